The van der Waals surface area contributed by atoms with Crippen LogP contribution in [-0.2, 0) is 16.1 Å². The van der Waals surface area contributed by atoms with E-state index in [1.807, 2.05) is 12.1 Å². The molecule has 212 valence electrons. The number of hydrogen-bond donors (Lipinski definition) is 1. The molecule has 6 rings (SSSR count). The number of likely N-dealkylation sites (tertiary alicyclic amines) is 1. The van der Waals surface area contributed by atoms with Crippen LogP contribution in [0.15, 0.2) is 60.9 Å². The van der Waals surface area contributed by atoms with E-state index in [4.69, 9.17) is 11.6 Å². The average molecular weight is 605 g/mol. The van der Waals surface area contributed by atoms with Gasteiger partial charge in [-0.1, -0.05) is 47.2 Å². The predicted molar refractivity (Wildman–Crippen MR) is 155 cm³/mol. The Balaban J connectivity index is 1.22. The van der Waals surface area contributed by atoms with Gasteiger partial charge in [0.2, 0.25) is 16.9 Å². The number of Topliss-reactive ketones (excluding diaryl/α,β-unsaturated/α-hetero) is 1. The monoisotopic (exact) mass is 604 g/mol. The molecule has 1 fully saturated rings. The molecule has 4 heterocycles. The quantitative estimate of drug-likeness (QED) is 0.269. The Bertz CT molecular complexity index is 1830. The van der Waals surface area contributed by atoms with Crippen LogP contribution in [0.3, 0.4) is 0 Å². The number of hydrogen-bond acceptors (Lipinski definition) is 9. The third kappa shape index (κ3) is 5.35. The van der Waals surface area contributed by atoms with Crippen LogP contribution in [0.4, 0.5) is 9.52 Å². The van der Waals surface area contributed by atoms with Crippen LogP contribution in [0.25, 0.3) is 32.6 Å². The number of rotatable bonds is 7. The molecule has 0 spiro atoms. The summed E-state index contributed by atoms with van der Waals surface area (Å²) >= 11 is 7.36. The molecule has 2 amide bonds. The van der Waals surface area contributed by atoms with Crippen molar-refractivity contribution in [2.24, 2.45) is 0 Å². The number of carbonyl (C=O) groups is 3. The van der Waals surface area contributed by atoms with Gasteiger partial charge in [-0.2, -0.15) is 15.3 Å². The lowest BCUT2D eigenvalue weighted by molar-refractivity contribution is -0.137. The van der Waals surface area contributed by atoms with Gasteiger partial charge in [-0.25, -0.2) is 4.39 Å². The van der Waals surface area contributed by atoms with Crippen LogP contribution in [0.2, 0.25) is 5.02 Å². The first-order valence-electron chi connectivity index (χ1n) is 12.9. The molecule has 0 radical (unpaired) electrons. The molecule has 2 atom stereocenters. The highest BCUT2D eigenvalue weighted by Gasteiger charge is 2.40. The Morgan fingerprint density at radius 1 is 1.10 bits per heavy atom. The van der Waals surface area contributed by atoms with Gasteiger partial charge in [0.1, 0.15) is 24.5 Å². The smallest absolute Gasteiger partial charge is 0.249 e. The number of aromatic nitrogens is 6. The summed E-state index contributed by atoms with van der Waals surface area (Å²) in [7, 11) is 0. The SMILES string of the molecule is CC(=O)c1nn(CC(=O)N2C[C@H](F)C[C@H]2C(=O)Nc2nnc(-c3ccccc3Cl)s2)c2ccc(-c3ccnnc3)cc12. The van der Waals surface area contributed by atoms with Gasteiger partial charge in [0.05, 0.1) is 29.5 Å². The van der Waals surface area contributed by atoms with Crippen LogP contribution in [-0.4, -0.2) is 71.4 Å². The van der Waals surface area contributed by atoms with Gasteiger partial charge < -0.3 is 4.90 Å². The number of alkyl halides is 1. The normalized spacial score (nSPS) is 16.6. The predicted octanol–water partition coefficient (Wildman–Crippen LogP) is 4.45. The fourth-order valence-corrected chi connectivity index (χ4v) is 6.00. The Morgan fingerprint density at radius 2 is 1.93 bits per heavy atom. The topological polar surface area (TPSA) is 136 Å². The van der Waals surface area contributed by atoms with Crippen molar-refractivity contribution in [1.82, 2.24) is 35.1 Å². The molecule has 1 N–H and O–H groups in total. The van der Waals surface area contributed by atoms with Gasteiger partial charge in [-0.15, -0.1) is 10.2 Å². The molecule has 14 heteroatoms. The zero-order valence-corrected chi connectivity index (χ0v) is 23.6. The lowest BCUT2D eigenvalue weighted by Gasteiger charge is -2.23. The van der Waals surface area contributed by atoms with Gasteiger partial charge in [0, 0.05) is 29.9 Å². The number of amides is 2. The van der Waals surface area contributed by atoms with Crippen LogP contribution in [0.1, 0.15) is 23.8 Å². The molecule has 0 unspecified atom stereocenters. The maximum Gasteiger partial charge on any atom is 0.249 e. The molecule has 42 heavy (non-hydrogen) atoms. The highest BCUT2D eigenvalue weighted by molar-refractivity contribution is 7.18. The Hall–Kier alpha value is -4.62. The van der Waals surface area contributed by atoms with Crippen molar-refractivity contribution in [3.05, 3.63) is 71.6 Å². The van der Waals surface area contributed by atoms with Crippen molar-refractivity contribution in [3.8, 4) is 21.7 Å². The largest absolute Gasteiger partial charge is 0.326 e. The molecule has 2 aromatic carbocycles. The number of carbonyl (C=O) groups excluding carboxylic acids is 3. The van der Waals surface area contributed by atoms with Crippen LogP contribution in [0.5, 0.6) is 0 Å². The Morgan fingerprint density at radius 3 is 2.69 bits per heavy atom. The number of nitrogens with one attached hydrogen (secondary N) is 1. The minimum absolute atomic E-state index is 0.157. The molecule has 0 aliphatic carbocycles. The number of anilines is 1. The number of halogens is 2. The molecule has 1 aliphatic rings. The highest BCUT2D eigenvalue weighted by atomic mass is 35.5. The first-order valence-corrected chi connectivity index (χ1v) is 14.1. The number of nitrogens with zero attached hydrogens (tertiary/aromatic N) is 7. The third-order valence-corrected chi connectivity index (χ3v) is 8.12. The molecule has 1 saturated heterocycles. The van der Waals surface area contributed by atoms with Gasteiger partial charge in [0.15, 0.2) is 10.8 Å². The Labute approximate surface area is 247 Å². The van der Waals surface area contributed by atoms with E-state index < -0.39 is 24.0 Å². The van der Waals surface area contributed by atoms with Crippen molar-refractivity contribution in [1.29, 1.82) is 0 Å². The molecular formula is C28H22ClFN8O3S. The van der Waals surface area contributed by atoms with E-state index in [0.717, 1.165) is 22.5 Å². The summed E-state index contributed by atoms with van der Waals surface area (Å²) in [4.78, 5) is 40.2. The molecule has 0 bridgehead atoms. The van der Waals surface area contributed by atoms with Crippen molar-refractivity contribution in [2.75, 3.05) is 11.9 Å². The minimum Gasteiger partial charge on any atom is -0.326 e. The molecule has 3 aromatic heterocycles. The molecular weight excluding hydrogens is 583 g/mol. The summed E-state index contributed by atoms with van der Waals surface area (Å²) in [6, 6.07) is 13.2. The van der Waals surface area contributed by atoms with E-state index in [2.05, 4.69) is 30.8 Å². The summed E-state index contributed by atoms with van der Waals surface area (Å²) in [5.74, 6) is -1.35. The molecule has 1 aliphatic heterocycles. The number of fused-ring (bicyclic) bond motifs is 1. The van der Waals surface area contributed by atoms with Crippen LogP contribution < -0.4 is 5.32 Å². The lowest BCUT2D eigenvalue weighted by atomic mass is 10.0. The second-order valence-corrected chi connectivity index (χ2v) is 11.1. The van der Waals surface area contributed by atoms with Gasteiger partial charge in [0.25, 0.3) is 0 Å². The van der Waals surface area contributed by atoms with Gasteiger partial charge in [-0.05, 0) is 29.8 Å². The maximum absolute atomic E-state index is 14.6. The molecule has 0 saturated carbocycles. The zero-order valence-electron chi connectivity index (χ0n) is 22.1. The lowest BCUT2D eigenvalue weighted by Crippen LogP contribution is -2.44. The minimum atomic E-state index is -1.38. The molecule has 11 nitrogen and oxygen atoms in total. The van der Waals surface area contributed by atoms with E-state index in [9.17, 15) is 18.8 Å². The van der Waals surface area contributed by atoms with E-state index in [0.29, 0.717) is 26.5 Å². The summed E-state index contributed by atoms with van der Waals surface area (Å²) in [6.07, 6.45) is 1.64. The second-order valence-electron chi connectivity index (χ2n) is 9.70. The Kier molecular flexibility index (Phi) is 7.43. The summed E-state index contributed by atoms with van der Waals surface area (Å²) in [6.45, 7) is 0.871. The van der Waals surface area contributed by atoms with Crippen molar-refractivity contribution < 1.29 is 18.8 Å². The van der Waals surface area contributed by atoms with Crippen molar-refractivity contribution in [3.63, 3.8) is 0 Å². The zero-order chi connectivity index (χ0) is 29.4. The summed E-state index contributed by atoms with van der Waals surface area (Å²) in [5.41, 5.74) is 3.03. The standard InChI is InChI=1S/C28H22ClFN8O3S/c1-15(39)25-20-10-16(17-8-9-31-32-12-17)6-7-22(20)38(36-25)14-24(40)37-13-18(30)11-23(37)26(41)33-28-35-34-27(42-28)19-4-2-3-5-21(19)29/h2-10,12,18,23H,11,13-14H2,1H3,(H,33,35,41)/t18-,23+/m1/s1. The average Bonchev–Trinajstić information content (AvgIpc) is 3.71. The van der Waals surface area contributed by atoms with Gasteiger partial charge in [-0.3, -0.25) is 24.4 Å². The first-order chi connectivity index (χ1) is 20.3. The molecule has 5 aromatic rings. The maximum atomic E-state index is 14.6. The fraction of sp³-hybridized carbons (Fsp3) is 0.214. The summed E-state index contributed by atoms with van der Waals surface area (Å²) < 4.78 is 16.0. The fourth-order valence-electron chi connectivity index (χ4n) is 4.93. The third-order valence-electron chi connectivity index (χ3n) is 6.92. The van der Waals surface area contributed by atoms with E-state index in [1.54, 1.807) is 48.8 Å². The summed E-state index contributed by atoms with van der Waals surface area (Å²) in [5, 5.41) is 24.6. The van der Waals surface area contributed by atoms with Crippen LogP contribution in [0, 0.1) is 0 Å². The van der Waals surface area contributed by atoms with Crippen molar-refractivity contribution >= 4 is 56.6 Å². The second kappa shape index (κ2) is 11.3. The first kappa shape index (κ1) is 27.5. The van der Waals surface area contributed by atoms with E-state index in [1.165, 1.54) is 16.5 Å². The highest BCUT2D eigenvalue weighted by Crippen LogP contribution is 2.32. The van der Waals surface area contributed by atoms with Gasteiger partial charge >= 0.3 is 0 Å². The van der Waals surface area contributed by atoms with E-state index in [-0.39, 0.29) is 36.1 Å². The number of benzene rings is 2. The van der Waals surface area contributed by atoms with Crippen molar-refractivity contribution in [2.45, 2.75) is 32.1 Å². The number of ketones is 1. The van der Waals surface area contributed by atoms with Crippen LogP contribution >= 0.6 is 22.9 Å². The van der Waals surface area contributed by atoms with E-state index >= 15 is 0 Å².